The van der Waals surface area contributed by atoms with Gasteiger partial charge in [-0.3, -0.25) is 20.4 Å². The molecule has 4 aromatic rings. The normalized spacial score (nSPS) is 12.0. The quantitative estimate of drug-likeness (QED) is 0.445. The van der Waals surface area contributed by atoms with E-state index in [0.717, 1.165) is 44.5 Å². The van der Waals surface area contributed by atoms with Gasteiger partial charge in [0.15, 0.2) is 6.10 Å². The average Bonchev–Trinajstić information content (AvgIpc) is 3.13. The summed E-state index contributed by atoms with van der Waals surface area (Å²) in [6.07, 6.45) is -0.0689. The smallest absolute Gasteiger partial charge is 0.280 e. The highest BCUT2D eigenvalue weighted by Crippen LogP contribution is 2.31. The van der Waals surface area contributed by atoms with E-state index in [1.54, 1.807) is 6.92 Å². The number of thiophene rings is 1. The van der Waals surface area contributed by atoms with E-state index in [-0.39, 0.29) is 0 Å². The number of ether oxygens (including phenoxy) is 1. The molecule has 0 fully saturated rings. The molecule has 0 radical (unpaired) electrons. The minimum atomic E-state index is -0.791. The summed E-state index contributed by atoms with van der Waals surface area (Å²) < 4.78 is 5.76. The number of nitrogens with zero attached hydrogens (tertiary/aromatic N) is 2. The Bertz CT molecular complexity index is 1330. The van der Waals surface area contributed by atoms with Crippen molar-refractivity contribution in [3.63, 3.8) is 0 Å². The lowest BCUT2D eigenvalue weighted by atomic mass is 10.1. The van der Waals surface area contributed by atoms with Crippen LogP contribution in [0.4, 0.5) is 0 Å². The van der Waals surface area contributed by atoms with Crippen LogP contribution >= 0.6 is 11.3 Å². The van der Waals surface area contributed by atoms with Gasteiger partial charge in [-0.2, -0.15) is 0 Å². The van der Waals surface area contributed by atoms with Crippen LogP contribution in [-0.4, -0.2) is 27.9 Å². The molecular formula is C24H24N4O3S. The molecular weight excluding hydrogens is 424 g/mol. The predicted molar refractivity (Wildman–Crippen MR) is 126 cm³/mol. The number of rotatable bonds is 5. The van der Waals surface area contributed by atoms with E-state index in [0.29, 0.717) is 10.6 Å². The number of hydrogen-bond donors (Lipinski definition) is 2. The third-order valence-corrected chi connectivity index (χ3v) is 6.43. The Balaban J connectivity index is 1.42. The first-order valence-electron chi connectivity index (χ1n) is 10.4. The molecule has 0 bridgehead atoms. The van der Waals surface area contributed by atoms with Crippen LogP contribution < -0.4 is 15.6 Å². The Morgan fingerprint density at radius 2 is 1.81 bits per heavy atom. The second-order valence-electron chi connectivity index (χ2n) is 7.53. The number of aromatic nitrogens is 2. The number of amides is 2. The Kier molecular flexibility index (Phi) is 6.05. The number of carbonyl (C=O) groups excluding carboxylic acids is 2. The minimum absolute atomic E-state index is 0.394. The summed E-state index contributed by atoms with van der Waals surface area (Å²) in [5.41, 5.74) is 6.59. The van der Waals surface area contributed by atoms with E-state index in [2.05, 4.69) is 20.8 Å². The fourth-order valence-electron chi connectivity index (χ4n) is 3.54. The van der Waals surface area contributed by atoms with E-state index in [1.807, 2.05) is 63.2 Å². The van der Waals surface area contributed by atoms with Crippen LogP contribution in [0.2, 0.25) is 0 Å². The van der Waals surface area contributed by atoms with Gasteiger partial charge in [0.2, 0.25) is 0 Å². The van der Waals surface area contributed by atoms with Crippen LogP contribution in [0.3, 0.4) is 0 Å². The molecule has 4 rings (SSSR count). The number of nitrogens with one attached hydrogen (secondary N) is 2. The van der Waals surface area contributed by atoms with E-state index < -0.39 is 17.9 Å². The summed E-state index contributed by atoms with van der Waals surface area (Å²) in [5, 5.41) is 3.00. The molecule has 2 N–H and O–H groups in total. The van der Waals surface area contributed by atoms with Gasteiger partial charge in [-0.25, -0.2) is 9.97 Å². The van der Waals surface area contributed by atoms with Crippen molar-refractivity contribution in [3.05, 3.63) is 64.4 Å². The van der Waals surface area contributed by atoms with Gasteiger partial charge in [0, 0.05) is 17.5 Å². The Hall–Kier alpha value is -3.52. The highest BCUT2D eigenvalue weighted by Gasteiger charge is 2.21. The lowest BCUT2D eigenvalue weighted by Crippen LogP contribution is -2.47. The van der Waals surface area contributed by atoms with Crippen LogP contribution in [-0.2, 0) is 11.2 Å². The standard InChI is InChI=1S/C24H24N4O3S/c1-5-19-25-14(3)20-13(2)21(32-24(20)26-19)23(30)28-27-22(29)15(4)31-18-11-10-16-8-6-7-9-17(16)12-18/h6-12,15H,5H2,1-4H3,(H,27,29)(H,28,30). The maximum Gasteiger partial charge on any atom is 0.280 e. The van der Waals surface area contributed by atoms with Crippen LogP contribution in [0.15, 0.2) is 42.5 Å². The molecule has 2 aromatic heterocycles. The molecule has 0 saturated heterocycles. The van der Waals surface area contributed by atoms with Crippen LogP contribution in [0, 0.1) is 13.8 Å². The highest BCUT2D eigenvalue weighted by atomic mass is 32.1. The van der Waals surface area contributed by atoms with Crippen molar-refractivity contribution in [1.29, 1.82) is 0 Å². The third-order valence-electron chi connectivity index (χ3n) is 5.24. The Morgan fingerprint density at radius 3 is 2.56 bits per heavy atom. The fourth-order valence-corrected chi connectivity index (χ4v) is 4.69. The zero-order chi connectivity index (χ0) is 22.8. The maximum absolute atomic E-state index is 12.7. The molecule has 0 spiro atoms. The van der Waals surface area contributed by atoms with E-state index in [1.165, 1.54) is 11.3 Å². The SMILES string of the molecule is CCc1nc(C)c2c(C)c(C(=O)NNC(=O)C(C)Oc3ccc4ccccc4c3)sc2n1. The first-order chi connectivity index (χ1) is 15.4. The number of carbonyl (C=O) groups is 2. The van der Waals surface area contributed by atoms with Crippen molar-refractivity contribution >= 4 is 44.1 Å². The summed E-state index contributed by atoms with van der Waals surface area (Å²) in [5.74, 6) is 0.485. The van der Waals surface area contributed by atoms with Crippen molar-refractivity contribution in [3.8, 4) is 5.75 Å². The number of hydrazine groups is 1. The average molecular weight is 449 g/mol. The summed E-state index contributed by atoms with van der Waals surface area (Å²) in [6, 6.07) is 13.6. The first-order valence-corrected chi connectivity index (χ1v) is 11.2. The minimum Gasteiger partial charge on any atom is -0.481 e. The largest absolute Gasteiger partial charge is 0.481 e. The molecule has 1 atom stereocenters. The Morgan fingerprint density at radius 1 is 1.06 bits per heavy atom. The molecule has 0 saturated carbocycles. The first kappa shape index (κ1) is 21.7. The molecule has 1 unspecified atom stereocenters. The van der Waals surface area contributed by atoms with Crippen molar-refractivity contribution < 1.29 is 14.3 Å². The van der Waals surface area contributed by atoms with Crippen molar-refractivity contribution in [1.82, 2.24) is 20.8 Å². The van der Waals surface area contributed by atoms with Crippen LogP contribution in [0.5, 0.6) is 5.75 Å². The molecule has 164 valence electrons. The lowest BCUT2D eigenvalue weighted by molar-refractivity contribution is -0.128. The maximum atomic E-state index is 12.7. The van der Waals surface area contributed by atoms with Gasteiger partial charge in [0.1, 0.15) is 16.4 Å². The van der Waals surface area contributed by atoms with Crippen molar-refractivity contribution in [2.24, 2.45) is 0 Å². The van der Waals surface area contributed by atoms with Gasteiger partial charge in [0.25, 0.3) is 11.8 Å². The topological polar surface area (TPSA) is 93.2 Å². The number of benzene rings is 2. The monoisotopic (exact) mass is 448 g/mol. The van der Waals surface area contributed by atoms with Gasteiger partial charge in [-0.1, -0.05) is 37.3 Å². The molecule has 0 aliphatic carbocycles. The predicted octanol–water partition coefficient (Wildman–Crippen LogP) is 4.25. The fraction of sp³-hybridized carbons (Fsp3) is 0.250. The van der Waals surface area contributed by atoms with Crippen molar-refractivity contribution in [2.45, 2.75) is 40.2 Å². The van der Waals surface area contributed by atoms with Crippen LogP contribution in [0.1, 0.15) is 40.6 Å². The molecule has 0 aliphatic rings. The summed E-state index contributed by atoms with van der Waals surface area (Å²) in [7, 11) is 0. The summed E-state index contributed by atoms with van der Waals surface area (Å²) >= 11 is 1.29. The van der Waals surface area contributed by atoms with E-state index in [9.17, 15) is 9.59 Å². The summed E-state index contributed by atoms with van der Waals surface area (Å²) in [4.78, 5) is 35.5. The third kappa shape index (κ3) is 4.27. The second kappa shape index (κ2) is 8.92. The van der Waals surface area contributed by atoms with Gasteiger partial charge in [0.05, 0.1) is 4.88 Å². The van der Waals surface area contributed by atoms with Gasteiger partial charge < -0.3 is 4.74 Å². The zero-order valence-electron chi connectivity index (χ0n) is 18.4. The molecule has 2 amide bonds. The number of hydrogen-bond acceptors (Lipinski definition) is 6. The zero-order valence-corrected chi connectivity index (χ0v) is 19.2. The van der Waals surface area contributed by atoms with Crippen LogP contribution in [0.25, 0.3) is 21.0 Å². The Labute approximate surface area is 189 Å². The molecule has 8 heteroatoms. The molecule has 2 heterocycles. The number of aryl methyl sites for hydroxylation is 3. The van der Waals surface area contributed by atoms with E-state index in [4.69, 9.17) is 4.74 Å². The number of fused-ring (bicyclic) bond motifs is 2. The second-order valence-corrected chi connectivity index (χ2v) is 8.53. The summed E-state index contributed by atoms with van der Waals surface area (Å²) in [6.45, 7) is 7.40. The van der Waals surface area contributed by atoms with Gasteiger partial charge in [-0.05, 0) is 49.2 Å². The van der Waals surface area contributed by atoms with E-state index >= 15 is 0 Å². The van der Waals surface area contributed by atoms with Gasteiger partial charge >= 0.3 is 0 Å². The van der Waals surface area contributed by atoms with Gasteiger partial charge in [-0.15, -0.1) is 11.3 Å². The molecule has 32 heavy (non-hydrogen) atoms. The molecule has 2 aromatic carbocycles. The highest BCUT2D eigenvalue weighted by molar-refractivity contribution is 7.20. The molecule has 7 nitrogen and oxygen atoms in total. The van der Waals surface area contributed by atoms with Crippen molar-refractivity contribution in [2.75, 3.05) is 0 Å². The lowest BCUT2D eigenvalue weighted by Gasteiger charge is -2.15. The molecule has 0 aliphatic heterocycles.